The Morgan fingerprint density at radius 1 is 1.00 bits per heavy atom. The molecule has 1 amide bonds. The number of amides is 1. The van der Waals surface area contributed by atoms with Gasteiger partial charge in [0.25, 0.3) is 0 Å². The lowest BCUT2D eigenvalue weighted by molar-refractivity contribution is -0.118. The molecular formula is C24H31N3O3S2. The maximum absolute atomic E-state index is 13.2. The number of rotatable bonds is 11. The molecule has 0 aliphatic heterocycles. The minimum absolute atomic E-state index is 0.0501. The summed E-state index contributed by atoms with van der Waals surface area (Å²) in [6.07, 6.45) is 0.445. The summed E-state index contributed by atoms with van der Waals surface area (Å²) in [5.41, 5.74) is 1.88. The number of para-hydroxylation sites is 1. The van der Waals surface area contributed by atoms with Crippen LogP contribution in [0.15, 0.2) is 53.4 Å². The number of carbonyl (C=O) groups is 1. The average Bonchev–Trinajstić information content (AvgIpc) is 3.20. The Hall–Kier alpha value is -2.29. The molecule has 0 unspecified atom stereocenters. The fourth-order valence-corrected chi connectivity index (χ4v) is 5.82. The number of benzene rings is 2. The molecule has 3 rings (SSSR count). The summed E-state index contributed by atoms with van der Waals surface area (Å²) in [6, 6.07) is 14.7. The van der Waals surface area contributed by atoms with Gasteiger partial charge in [-0.25, -0.2) is 13.4 Å². The monoisotopic (exact) mass is 473 g/mol. The second-order valence-electron chi connectivity index (χ2n) is 7.77. The Morgan fingerprint density at radius 2 is 1.69 bits per heavy atom. The highest BCUT2D eigenvalue weighted by Crippen LogP contribution is 2.29. The second kappa shape index (κ2) is 11.0. The number of carbonyl (C=O) groups excluding carboxylic acids is 1. The third-order valence-corrected chi connectivity index (χ3v) is 8.41. The molecule has 0 aliphatic rings. The van der Waals surface area contributed by atoms with E-state index < -0.39 is 9.84 Å². The summed E-state index contributed by atoms with van der Waals surface area (Å²) in [6.45, 7) is 9.22. The number of aromatic nitrogens is 1. The number of fused-ring (bicyclic) bond motifs is 1. The maximum Gasteiger partial charge on any atom is 0.228 e. The van der Waals surface area contributed by atoms with Gasteiger partial charge in [-0.15, -0.1) is 0 Å². The molecule has 0 radical (unpaired) electrons. The van der Waals surface area contributed by atoms with Gasteiger partial charge in [-0.3, -0.25) is 9.69 Å². The number of thiazole rings is 1. The minimum atomic E-state index is -3.41. The predicted molar refractivity (Wildman–Crippen MR) is 132 cm³/mol. The van der Waals surface area contributed by atoms with E-state index in [2.05, 4.69) is 23.7 Å². The molecule has 6 nitrogen and oxygen atoms in total. The van der Waals surface area contributed by atoms with Crippen molar-refractivity contribution in [1.29, 1.82) is 0 Å². The summed E-state index contributed by atoms with van der Waals surface area (Å²) in [5, 5.41) is 0.671. The van der Waals surface area contributed by atoms with Crippen LogP contribution in [0.5, 0.6) is 0 Å². The van der Waals surface area contributed by atoms with Crippen molar-refractivity contribution in [3.8, 4) is 0 Å². The van der Waals surface area contributed by atoms with Crippen LogP contribution in [-0.4, -0.2) is 56.1 Å². The third-order valence-electron chi connectivity index (χ3n) is 5.53. The van der Waals surface area contributed by atoms with E-state index in [1.54, 1.807) is 29.2 Å². The van der Waals surface area contributed by atoms with Crippen LogP contribution in [0.2, 0.25) is 0 Å². The Labute approximate surface area is 194 Å². The number of sulfone groups is 1. The average molecular weight is 474 g/mol. The molecule has 0 bridgehead atoms. The number of nitrogens with zero attached hydrogens (tertiary/aromatic N) is 3. The van der Waals surface area contributed by atoms with Crippen molar-refractivity contribution in [3.05, 3.63) is 54.1 Å². The third kappa shape index (κ3) is 6.15. The molecule has 1 heterocycles. The SMILES string of the molecule is CCN(CC)CCN(C(=O)CCCS(=O)(=O)c1ccc(C)cc1)c1nc2ccccc2s1. The van der Waals surface area contributed by atoms with Crippen LogP contribution < -0.4 is 4.90 Å². The van der Waals surface area contributed by atoms with Crippen LogP contribution in [0.1, 0.15) is 32.3 Å². The van der Waals surface area contributed by atoms with E-state index in [9.17, 15) is 13.2 Å². The summed E-state index contributed by atoms with van der Waals surface area (Å²) in [7, 11) is -3.41. The quantitative estimate of drug-likeness (QED) is 0.409. The topological polar surface area (TPSA) is 70.6 Å². The first-order valence-corrected chi connectivity index (χ1v) is 13.5. The number of anilines is 1. The Kier molecular flexibility index (Phi) is 8.39. The highest BCUT2D eigenvalue weighted by molar-refractivity contribution is 7.91. The van der Waals surface area contributed by atoms with Crippen molar-refractivity contribution in [2.45, 2.75) is 38.5 Å². The summed E-state index contributed by atoms with van der Waals surface area (Å²) < 4.78 is 26.3. The van der Waals surface area contributed by atoms with E-state index in [0.29, 0.717) is 16.6 Å². The van der Waals surface area contributed by atoms with Crippen molar-refractivity contribution in [3.63, 3.8) is 0 Å². The molecule has 0 spiro atoms. The highest BCUT2D eigenvalue weighted by atomic mass is 32.2. The molecule has 32 heavy (non-hydrogen) atoms. The summed E-state index contributed by atoms with van der Waals surface area (Å²) in [4.78, 5) is 22.1. The van der Waals surface area contributed by atoms with Gasteiger partial charge in [0.15, 0.2) is 15.0 Å². The molecule has 2 aromatic carbocycles. The van der Waals surface area contributed by atoms with Crippen LogP contribution in [0.3, 0.4) is 0 Å². The molecule has 8 heteroatoms. The van der Waals surface area contributed by atoms with Gasteiger partial charge in [-0.2, -0.15) is 0 Å². The van der Waals surface area contributed by atoms with Gasteiger partial charge >= 0.3 is 0 Å². The largest absolute Gasteiger partial charge is 0.302 e. The van der Waals surface area contributed by atoms with E-state index in [1.807, 2.05) is 31.2 Å². The molecular weight excluding hydrogens is 442 g/mol. The first-order valence-electron chi connectivity index (χ1n) is 11.0. The minimum Gasteiger partial charge on any atom is -0.302 e. The first kappa shape index (κ1) is 24.4. The molecule has 0 saturated heterocycles. The summed E-state index contributed by atoms with van der Waals surface area (Å²) >= 11 is 1.49. The lowest BCUT2D eigenvalue weighted by Gasteiger charge is -2.24. The number of likely N-dealkylation sites (N-methyl/N-ethyl adjacent to an activating group) is 1. The lowest BCUT2D eigenvalue weighted by atomic mass is 10.2. The smallest absolute Gasteiger partial charge is 0.228 e. The maximum atomic E-state index is 13.2. The van der Waals surface area contributed by atoms with Crippen molar-refractivity contribution in [2.24, 2.45) is 0 Å². The number of hydrogen-bond acceptors (Lipinski definition) is 6. The normalized spacial score (nSPS) is 11.9. The van der Waals surface area contributed by atoms with E-state index in [-0.39, 0.29) is 24.5 Å². The highest BCUT2D eigenvalue weighted by Gasteiger charge is 2.22. The molecule has 0 saturated carbocycles. The van der Waals surface area contributed by atoms with Crippen molar-refractivity contribution < 1.29 is 13.2 Å². The van der Waals surface area contributed by atoms with Crippen molar-refractivity contribution in [2.75, 3.05) is 36.8 Å². The van der Waals surface area contributed by atoms with E-state index in [1.165, 1.54) is 11.3 Å². The van der Waals surface area contributed by atoms with Gasteiger partial charge in [-0.1, -0.05) is 55.0 Å². The zero-order chi connectivity index (χ0) is 23.1. The van der Waals surface area contributed by atoms with Gasteiger partial charge in [0.1, 0.15) is 0 Å². The first-order chi connectivity index (χ1) is 15.3. The van der Waals surface area contributed by atoms with Crippen LogP contribution >= 0.6 is 11.3 Å². The zero-order valence-corrected chi connectivity index (χ0v) is 20.6. The van der Waals surface area contributed by atoms with E-state index in [0.717, 1.165) is 35.4 Å². The second-order valence-corrected chi connectivity index (χ2v) is 10.9. The van der Waals surface area contributed by atoms with Crippen LogP contribution in [0.4, 0.5) is 5.13 Å². The fourth-order valence-electron chi connectivity index (χ4n) is 3.50. The Balaban J connectivity index is 1.70. The van der Waals surface area contributed by atoms with Crippen molar-refractivity contribution >= 4 is 42.4 Å². The molecule has 0 atom stereocenters. The molecule has 0 aliphatic carbocycles. The van der Waals surface area contributed by atoms with Gasteiger partial charge in [0.2, 0.25) is 5.91 Å². The molecule has 0 N–H and O–H groups in total. The van der Waals surface area contributed by atoms with Crippen LogP contribution in [0, 0.1) is 6.92 Å². The Bertz CT molecular complexity index is 1100. The molecule has 3 aromatic rings. The van der Waals surface area contributed by atoms with Crippen LogP contribution in [0.25, 0.3) is 10.2 Å². The molecule has 172 valence electrons. The Morgan fingerprint density at radius 3 is 2.34 bits per heavy atom. The van der Waals surface area contributed by atoms with Gasteiger partial charge in [-0.05, 0) is 50.7 Å². The predicted octanol–water partition coefficient (Wildman–Crippen LogP) is 4.53. The molecule has 1 aromatic heterocycles. The van der Waals surface area contributed by atoms with Crippen LogP contribution in [-0.2, 0) is 14.6 Å². The van der Waals surface area contributed by atoms with Gasteiger partial charge < -0.3 is 4.90 Å². The number of aryl methyl sites for hydroxylation is 1. The van der Waals surface area contributed by atoms with E-state index >= 15 is 0 Å². The zero-order valence-electron chi connectivity index (χ0n) is 19.0. The van der Waals surface area contributed by atoms with Crippen molar-refractivity contribution in [1.82, 2.24) is 9.88 Å². The molecule has 0 fully saturated rings. The lowest BCUT2D eigenvalue weighted by Crippen LogP contribution is -2.38. The van der Waals surface area contributed by atoms with E-state index in [4.69, 9.17) is 0 Å². The van der Waals surface area contributed by atoms with Gasteiger partial charge in [0.05, 0.1) is 20.9 Å². The fraction of sp³-hybridized carbons (Fsp3) is 0.417. The summed E-state index contributed by atoms with van der Waals surface area (Å²) in [5.74, 6) is -0.138. The van der Waals surface area contributed by atoms with Gasteiger partial charge in [0, 0.05) is 19.5 Å². The standard InChI is InChI=1S/C24H31N3O3S2/c1-4-26(5-2)16-17-27(24-25-21-9-6-7-10-22(21)31-24)23(28)11-8-18-32(29,30)20-14-12-19(3)13-15-20/h6-7,9-10,12-15H,4-5,8,11,16-18H2,1-3H3. The number of hydrogen-bond donors (Lipinski definition) is 0.